The summed E-state index contributed by atoms with van der Waals surface area (Å²) in [5, 5.41) is 43.7. The van der Waals surface area contributed by atoms with Gasteiger partial charge in [-0.15, -0.1) is 0 Å². The van der Waals surface area contributed by atoms with E-state index in [1.165, 1.54) is 4.57 Å². The van der Waals surface area contributed by atoms with E-state index in [1.54, 1.807) is 31.5 Å². The van der Waals surface area contributed by atoms with Crippen LogP contribution >= 0.6 is 0 Å². The Balaban J connectivity index is 1.45. The van der Waals surface area contributed by atoms with Crippen molar-refractivity contribution in [3.8, 4) is 5.75 Å². The van der Waals surface area contributed by atoms with Gasteiger partial charge >= 0.3 is 6.03 Å². The van der Waals surface area contributed by atoms with Gasteiger partial charge in [0.15, 0.2) is 0 Å². The zero-order valence-corrected chi connectivity index (χ0v) is 25.0. The molecule has 0 saturated carbocycles. The Morgan fingerprint density at radius 2 is 1.76 bits per heavy atom. The molecule has 226 valence electrons. The number of amides is 2. The lowest BCUT2D eigenvalue weighted by Crippen LogP contribution is -2.44. The van der Waals surface area contributed by atoms with Gasteiger partial charge in [0.2, 0.25) is 5.96 Å². The maximum Gasteiger partial charge on any atom is 0.320 e. The number of hydrogen-bond donors (Lipinski definition) is 7. The largest absolute Gasteiger partial charge is 0.484 e. The summed E-state index contributed by atoms with van der Waals surface area (Å²) < 4.78 is 7.97. The van der Waals surface area contributed by atoms with Crippen molar-refractivity contribution in [3.05, 3.63) is 71.1 Å². The lowest BCUT2D eigenvalue weighted by atomic mass is 9.85. The summed E-state index contributed by atoms with van der Waals surface area (Å²) in [5.41, 5.74) is 2.22. The van der Waals surface area contributed by atoms with Crippen LogP contribution in [0.1, 0.15) is 69.7 Å². The van der Waals surface area contributed by atoms with E-state index < -0.39 is 0 Å². The van der Waals surface area contributed by atoms with Gasteiger partial charge in [-0.3, -0.25) is 20.7 Å². The molecule has 2 amide bonds. The fourth-order valence-corrected chi connectivity index (χ4v) is 5.24. The number of aromatic nitrogens is 1. The zero-order valence-electron chi connectivity index (χ0n) is 25.0. The first-order valence-corrected chi connectivity index (χ1v) is 14.5. The molecule has 2 atom stereocenters. The van der Waals surface area contributed by atoms with Gasteiger partial charge < -0.3 is 30.8 Å². The summed E-state index contributed by atoms with van der Waals surface area (Å²) >= 11 is 0. The standard InChI is InChI=1S/C31H44N8O3/c1-31(2,3)26(32)17-28(35-4)37-30(41)36-24-10-11-25(23-8-6-5-7-22(23)24)42-21-9-12-27(33)39(18-21)29(34)38-15-13-20(19-40)14-16-38/h5-9,12,17-18,20,24-25,32-35,40H,10-11,13-16,19H2,1-4H3,(H2,36,37,41)/b28-17+,32-26?,33-27?,34-29?. The topological polar surface area (TPSA) is 162 Å². The fourth-order valence-electron chi connectivity index (χ4n) is 5.24. The Kier molecular flexibility index (Phi) is 9.72. The van der Waals surface area contributed by atoms with Crippen molar-refractivity contribution >= 4 is 17.7 Å². The average Bonchev–Trinajstić information content (AvgIpc) is 2.98. The van der Waals surface area contributed by atoms with E-state index in [4.69, 9.17) is 21.0 Å². The number of urea groups is 1. The third-order valence-electron chi connectivity index (χ3n) is 7.96. The lowest BCUT2D eigenvalue weighted by Gasteiger charge is -2.34. The lowest BCUT2D eigenvalue weighted by molar-refractivity contribution is 0.163. The van der Waals surface area contributed by atoms with E-state index in [2.05, 4.69) is 16.0 Å². The predicted molar refractivity (Wildman–Crippen MR) is 163 cm³/mol. The number of ether oxygens (including phenoxy) is 1. The number of allylic oxidation sites excluding steroid dienone is 1. The second-order valence-electron chi connectivity index (χ2n) is 12.0. The third kappa shape index (κ3) is 7.39. The summed E-state index contributed by atoms with van der Waals surface area (Å²) in [6.45, 7) is 7.36. The van der Waals surface area contributed by atoms with Crippen LogP contribution < -0.4 is 26.2 Å². The molecule has 1 aromatic carbocycles. The zero-order chi connectivity index (χ0) is 30.4. The number of nitrogens with zero attached hydrogens (tertiary/aromatic N) is 2. The van der Waals surface area contributed by atoms with Gasteiger partial charge in [-0.25, -0.2) is 4.79 Å². The first-order chi connectivity index (χ1) is 20.0. The number of benzene rings is 1. The molecule has 2 unspecified atom stereocenters. The number of hydrogen-bond acceptors (Lipinski definition) is 7. The van der Waals surface area contributed by atoms with Crippen molar-refractivity contribution in [2.45, 2.75) is 58.6 Å². The molecule has 1 fully saturated rings. The van der Waals surface area contributed by atoms with Gasteiger partial charge in [-0.05, 0) is 60.9 Å². The first kappa shape index (κ1) is 30.8. The molecule has 0 bridgehead atoms. The highest BCUT2D eigenvalue weighted by molar-refractivity contribution is 5.97. The van der Waals surface area contributed by atoms with E-state index in [0.717, 1.165) is 24.0 Å². The second kappa shape index (κ2) is 13.2. The highest BCUT2D eigenvalue weighted by atomic mass is 16.5. The van der Waals surface area contributed by atoms with E-state index in [9.17, 15) is 9.90 Å². The molecule has 2 heterocycles. The van der Waals surface area contributed by atoms with Crippen LogP contribution in [0, 0.1) is 27.6 Å². The number of rotatable bonds is 7. The van der Waals surface area contributed by atoms with Crippen molar-refractivity contribution in [2.24, 2.45) is 11.3 Å². The van der Waals surface area contributed by atoms with Crippen molar-refractivity contribution in [1.82, 2.24) is 25.4 Å². The minimum Gasteiger partial charge on any atom is -0.484 e. The molecule has 11 nitrogen and oxygen atoms in total. The van der Waals surface area contributed by atoms with Crippen LogP contribution in [0.4, 0.5) is 4.79 Å². The molecular weight excluding hydrogens is 532 g/mol. The minimum atomic E-state index is -0.356. The molecule has 0 radical (unpaired) electrons. The van der Waals surface area contributed by atoms with Crippen LogP contribution in [0.25, 0.3) is 0 Å². The molecule has 4 rings (SSSR count). The van der Waals surface area contributed by atoms with E-state index in [1.807, 2.05) is 49.9 Å². The smallest absolute Gasteiger partial charge is 0.320 e. The van der Waals surface area contributed by atoms with E-state index in [0.29, 0.717) is 43.2 Å². The Morgan fingerprint density at radius 1 is 1.07 bits per heavy atom. The van der Waals surface area contributed by atoms with Crippen LogP contribution in [0.3, 0.4) is 0 Å². The molecule has 1 aliphatic carbocycles. The summed E-state index contributed by atoms with van der Waals surface area (Å²) in [6, 6.07) is 10.7. The van der Waals surface area contributed by atoms with E-state index in [-0.39, 0.29) is 47.6 Å². The summed E-state index contributed by atoms with van der Waals surface area (Å²) in [6.07, 6.45) is 6.05. The second-order valence-corrected chi connectivity index (χ2v) is 12.0. The molecule has 1 aliphatic heterocycles. The highest BCUT2D eigenvalue weighted by Crippen LogP contribution is 2.38. The SMILES string of the molecule is CN/C(=C\C(=N)C(C)(C)C)NC(=O)NC1CCC(Oc2ccc(=N)n(C(=N)N3CCC(CO)CC3)c2)c2ccccc21. The van der Waals surface area contributed by atoms with Crippen LogP contribution in [0.2, 0.25) is 0 Å². The molecule has 0 spiro atoms. The highest BCUT2D eigenvalue weighted by Gasteiger charge is 2.30. The Hall–Kier alpha value is -4.12. The van der Waals surface area contributed by atoms with Crippen LogP contribution in [0.15, 0.2) is 54.5 Å². The number of pyridine rings is 1. The number of aliphatic hydroxyl groups excluding tert-OH is 1. The molecule has 7 N–H and O–H groups in total. The molecule has 2 aromatic rings. The summed E-state index contributed by atoms with van der Waals surface area (Å²) in [5.74, 6) is 1.51. The van der Waals surface area contributed by atoms with Crippen molar-refractivity contribution in [2.75, 3.05) is 26.7 Å². The fraction of sp³-hybridized carbons (Fsp3) is 0.484. The molecule has 1 saturated heterocycles. The minimum absolute atomic E-state index is 0.169. The predicted octanol–water partition coefficient (Wildman–Crippen LogP) is 3.84. The van der Waals surface area contributed by atoms with E-state index >= 15 is 0 Å². The molecule has 11 heteroatoms. The van der Waals surface area contributed by atoms with Gasteiger partial charge in [0, 0.05) is 37.9 Å². The number of carbonyl (C=O) groups excluding carboxylic acids is 1. The quantitative estimate of drug-likeness (QED) is 0.197. The first-order valence-electron chi connectivity index (χ1n) is 14.5. The molecular formula is C31H44N8O3. The molecule has 2 aliphatic rings. The Bertz CT molecular complexity index is 1390. The van der Waals surface area contributed by atoms with Gasteiger partial charge in [0.1, 0.15) is 23.2 Å². The number of carbonyl (C=O) groups is 1. The number of fused-ring (bicyclic) bond motifs is 1. The summed E-state index contributed by atoms with van der Waals surface area (Å²) in [4.78, 5) is 14.9. The Morgan fingerprint density at radius 3 is 2.40 bits per heavy atom. The van der Waals surface area contributed by atoms with Crippen LogP contribution in [0.5, 0.6) is 5.75 Å². The molecule has 1 aromatic heterocycles. The van der Waals surface area contributed by atoms with Crippen LogP contribution in [-0.4, -0.2) is 59.0 Å². The molecule has 42 heavy (non-hydrogen) atoms. The number of likely N-dealkylation sites (tertiary alicyclic amines) is 1. The van der Waals surface area contributed by atoms with Gasteiger partial charge in [-0.2, -0.15) is 0 Å². The number of nitrogens with one attached hydrogen (secondary N) is 6. The average molecular weight is 577 g/mol. The monoisotopic (exact) mass is 576 g/mol. The van der Waals surface area contributed by atoms with Gasteiger partial charge in [0.05, 0.1) is 12.2 Å². The van der Waals surface area contributed by atoms with Crippen LogP contribution in [-0.2, 0) is 0 Å². The maximum absolute atomic E-state index is 12.9. The maximum atomic E-state index is 12.9. The van der Waals surface area contributed by atoms with Crippen molar-refractivity contribution < 1.29 is 14.6 Å². The van der Waals surface area contributed by atoms with Gasteiger partial charge in [0.25, 0.3) is 0 Å². The number of aliphatic hydroxyl groups is 1. The normalized spacial score (nSPS) is 19.5. The van der Waals surface area contributed by atoms with Crippen molar-refractivity contribution in [3.63, 3.8) is 0 Å². The van der Waals surface area contributed by atoms with Gasteiger partial charge in [-0.1, -0.05) is 45.0 Å². The van der Waals surface area contributed by atoms with Crippen molar-refractivity contribution in [1.29, 1.82) is 16.2 Å². The summed E-state index contributed by atoms with van der Waals surface area (Å²) in [7, 11) is 1.71. The third-order valence-corrected chi connectivity index (χ3v) is 7.96. The number of piperidine rings is 1. The Labute approximate surface area is 247 Å².